The van der Waals surface area contributed by atoms with E-state index in [0.717, 1.165) is 5.56 Å². The molecule has 1 atom stereocenters. The maximum atomic E-state index is 13.3. The van der Waals surface area contributed by atoms with Gasteiger partial charge >= 0.3 is 6.18 Å². The Balaban J connectivity index is 2.04. The topological polar surface area (TPSA) is 45.2 Å². The zero-order valence-electron chi connectivity index (χ0n) is 11.8. The van der Waals surface area contributed by atoms with E-state index in [1.54, 1.807) is 24.5 Å². The van der Waals surface area contributed by atoms with Gasteiger partial charge in [-0.3, -0.25) is 9.78 Å². The molecule has 2 heterocycles. The number of carbonyl (C=O) groups is 1. The third-order valence-corrected chi connectivity index (χ3v) is 3.94. The van der Waals surface area contributed by atoms with Crippen LogP contribution in [0.25, 0.3) is 0 Å². The van der Waals surface area contributed by atoms with Gasteiger partial charge < -0.3 is 10.2 Å². The van der Waals surface area contributed by atoms with Crippen molar-refractivity contribution in [2.75, 3.05) is 26.7 Å². The van der Waals surface area contributed by atoms with Crippen LogP contribution in [-0.2, 0) is 11.2 Å². The van der Waals surface area contributed by atoms with E-state index >= 15 is 0 Å². The number of hydrogen-bond donors (Lipinski definition) is 1. The second-order valence-electron chi connectivity index (χ2n) is 5.34. The normalized spacial score (nSPS) is 22.3. The van der Waals surface area contributed by atoms with Crippen LogP contribution in [0.2, 0.25) is 0 Å². The SMILES string of the molecule is CN(CCc1ccncc1)C(=O)C1(C(F)(F)F)CCNC1. The highest BCUT2D eigenvalue weighted by Gasteiger charge is 2.62. The summed E-state index contributed by atoms with van der Waals surface area (Å²) >= 11 is 0. The highest BCUT2D eigenvalue weighted by molar-refractivity contribution is 5.84. The quantitative estimate of drug-likeness (QED) is 0.919. The van der Waals surface area contributed by atoms with E-state index in [1.807, 2.05) is 0 Å². The Hall–Kier alpha value is -1.63. The lowest BCUT2D eigenvalue weighted by molar-refractivity contribution is -0.221. The molecule has 0 aromatic carbocycles. The van der Waals surface area contributed by atoms with Crippen LogP contribution in [0.3, 0.4) is 0 Å². The molecule has 1 aromatic rings. The Morgan fingerprint density at radius 1 is 1.43 bits per heavy atom. The van der Waals surface area contributed by atoms with Gasteiger partial charge in [0.2, 0.25) is 5.91 Å². The number of alkyl halides is 3. The van der Waals surface area contributed by atoms with Gasteiger partial charge in [0.1, 0.15) is 0 Å². The first-order valence-corrected chi connectivity index (χ1v) is 6.79. The Labute approximate surface area is 121 Å². The molecule has 1 fully saturated rings. The largest absolute Gasteiger partial charge is 0.404 e. The van der Waals surface area contributed by atoms with Gasteiger partial charge in [0.15, 0.2) is 5.41 Å². The van der Waals surface area contributed by atoms with Gasteiger partial charge in [0.05, 0.1) is 0 Å². The Morgan fingerprint density at radius 2 is 2.10 bits per heavy atom. The number of likely N-dealkylation sites (N-methyl/N-ethyl adjacent to an activating group) is 1. The predicted molar refractivity (Wildman–Crippen MR) is 71.6 cm³/mol. The van der Waals surface area contributed by atoms with Crippen LogP contribution < -0.4 is 5.32 Å². The second kappa shape index (κ2) is 6.01. The third-order valence-electron chi connectivity index (χ3n) is 3.94. The summed E-state index contributed by atoms with van der Waals surface area (Å²) in [6, 6.07) is 3.57. The number of nitrogens with one attached hydrogen (secondary N) is 1. The Kier molecular flexibility index (Phi) is 4.51. The van der Waals surface area contributed by atoms with E-state index < -0.39 is 17.5 Å². The van der Waals surface area contributed by atoms with Crippen LogP contribution in [0.5, 0.6) is 0 Å². The van der Waals surface area contributed by atoms with Gasteiger partial charge in [-0.05, 0) is 37.1 Å². The first-order chi connectivity index (χ1) is 9.87. The fourth-order valence-corrected chi connectivity index (χ4v) is 2.55. The van der Waals surface area contributed by atoms with Crippen molar-refractivity contribution >= 4 is 5.91 Å². The Bertz CT molecular complexity index is 484. The maximum absolute atomic E-state index is 13.3. The number of carbonyl (C=O) groups excluding carboxylic acids is 1. The molecule has 0 bridgehead atoms. The summed E-state index contributed by atoms with van der Waals surface area (Å²) in [5, 5.41) is 2.65. The highest BCUT2D eigenvalue weighted by Crippen LogP contribution is 2.44. The van der Waals surface area contributed by atoms with Crippen molar-refractivity contribution in [3.63, 3.8) is 0 Å². The molecule has 1 unspecified atom stereocenters. The minimum atomic E-state index is -4.53. The average Bonchev–Trinajstić information content (AvgIpc) is 2.95. The minimum absolute atomic E-state index is 0.199. The molecule has 0 spiro atoms. The maximum Gasteiger partial charge on any atom is 0.404 e. The number of amides is 1. The second-order valence-corrected chi connectivity index (χ2v) is 5.34. The number of aromatic nitrogens is 1. The number of hydrogen-bond acceptors (Lipinski definition) is 3. The molecule has 1 aliphatic rings. The molecule has 0 saturated carbocycles. The van der Waals surface area contributed by atoms with Crippen molar-refractivity contribution in [1.29, 1.82) is 0 Å². The zero-order chi connectivity index (χ0) is 15.5. The van der Waals surface area contributed by atoms with Gasteiger partial charge in [0.25, 0.3) is 0 Å². The lowest BCUT2D eigenvalue weighted by Crippen LogP contribution is -2.53. The summed E-state index contributed by atoms with van der Waals surface area (Å²) in [6.07, 6.45) is -0.982. The van der Waals surface area contributed by atoms with E-state index in [4.69, 9.17) is 0 Å². The Morgan fingerprint density at radius 3 is 2.62 bits per heavy atom. The number of nitrogens with zero attached hydrogens (tertiary/aromatic N) is 2. The fraction of sp³-hybridized carbons (Fsp3) is 0.571. The number of halogens is 3. The van der Waals surface area contributed by atoms with Gasteiger partial charge in [-0.1, -0.05) is 0 Å². The molecule has 1 aliphatic heterocycles. The van der Waals surface area contributed by atoms with Gasteiger partial charge in [-0.15, -0.1) is 0 Å². The molecule has 116 valence electrons. The summed E-state index contributed by atoms with van der Waals surface area (Å²) in [4.78, 5) is 17.3. The van der Waals surface area contributed by atoms with E-state index in [-0.39, 0.29) is 26.1 Å². The number of rotatable bonds is 4. The van der Waals surface area contributed by atoms with Crippen LogP contribution in [0.15, 0.2) is 24.5 Å². The van der Waals surface area contributed by atoms with E-state index in [1.165, 1.54) is 11.9 Å². The monoisotopic (exact) mass is 301 g/mol. The van der Waals surface area contributed by atoms with Gasteiger partial charge in [0, 0.05) is 32.5 Å². The lowest BCUT2D eigenvalue weighted by atomic mass is 9.84. The zero-order valence-corrected chi connectivity index (χ0v) is 11.8. The van der Waals surface area contributed by atoms with Crippen molar-refractivity contribution in [3.05, 3.63) is 30.1 Å². The first kappa shape index (κ1) is 15.8. The van der Waals surface area contributed by atoms with Crippen LogP contribution >= 0.6 is 0 Å². The van der Waals surface area contributed by atoms with Crippen LogP contribution in [0.1, 0.15) is 12.0 Å². The highest BCUT2D eigenvalue weighted by atomic mass is 19.4. The molecule has 1 saturated heterocycles. The smallest absolute Gasteiger partial charge is 0.345 e. The summed E-state index contributed by atoms with van der Waals surface area (Å²) in [7, 11) is 1.43. The molecule has 1 N–H and O–H groups in total. The van der Waals surface area contributed by atoms with Crippen molar-refractivity contribution in [2.24, 2.45) is 5.41 Å². The van der Waals surface area contributed by atoms with Crippen LogP contribution in [0, 0.1) is 5.41 Å². The summed E-state index contributed by atoms with van der Waals surface area (Å²) in [6.45, 7) is 0.124. The first-order valence-electron chi connectivity index (χ1n) is 6.79. The standard InChI is InChI=1S/C14H18F3N3O/c1-20(9-4-11-2-6-18-7-3-11)12(21)13(14(15,16)17)5-8-19-10-13/h2-3,6-7,19H,4-5,8-10H2,1H3. The van der Waals surface area contributed by atoms with Gasteiger partial charge in [-0.25, -0.2) is 0 Å². The lowest BCUT2D eigenvalue weighted by Gasteiger charge is -2.33. The van der Waals surface area contributed by atoms with E-state index in [9.17, 15) is 18.0 Å². The summed E-state index contributed by atoms with van der Waals surface area (Å²) in [5.41, 5.74) is -1.34. The summed E-state index contributed by atoms with van der Waals surface area (Å²) < 4.78 is 39.9. The van der Waals surface area contributed by atoms with E-state index in [2.05, 4.69) is 10.3 Å². The van der Waals surface area contributed by atoms with Crippen molar-refractivity contribution < 1.29 is 18.0 Å². The van der Waals surface area contributed by atoms with E-state index in [0.29, 0.717) is 6.42 Å². The van der Waals surface area contributed by atoms with Gasteiger partial charge in [-0.2, -0.15) is 13.2 Å². The molecule has 7 heteroatoms. The molecule has 0 aliphatic carbocycles. The molecular weight excluding hydrogens is 283 g/mol. The third kappa shape index (κ3) is 3.18. The van der Waals surface area contributed by atoms with Crippen molar-refractivity contribution in [2.45, 2.75) is 19.0 Å². The minimum Gasteiger partial charge on any atom is -0.345 e. The summed E-state index contributed by atoms with van der Waals surface area (Å²) in [5.74, 6) is -0.853. The molecule has 1 amide bonds. The molecule has 1 aromatic heterocycles. The average molecular weight is 301 g/mol. The molecule has 2 rings (SSSR count). The molecule has 21 heavy (non-hydrogen) atoms. The van der Waals surface area contributed by atoms with Crippen molar-refractivity contribution in [1.82, 2.24) is 15.2 Å². The molecular formula is C14H18F3N3O. The fourth-order valence-electron chi connectivity index (χ4n) is 2.55. The number of pyridine rings is 1. The van der Waals surface area contributed by atoms with Crippen molar-refractivity contribution in [3.8, 4) is 0 Å². The van der Waals surface area contributed by atoms with Crippen LogP contribution in [0.4, 0.5) is 13.2 Å². The predicted octanol–water partition coefficient (Wildman–Crippen LogP) is 1.62. The van der Waals surface area contributed by atoms with Crippen LogP contribution in [-0.4, -0.2) is 48.6 Å². The molecule has 4 nitrogen and oxygen atoms in total. The molecule has 0 radical (unpaired) electrons.